The predicted octanol–water partition coefficient (Wildman–Crippen LogP) is 1.58. The number of ether oxygens (including phenoxy) is 1. The molecule has 1 saturated heterocycles. The molecular weight excluding hydrogens is 217 g/mol. The smallest absolute Gasteiger partial charge is 0.166 e. The minimum absolute atomic E-state index is 0. The second-order valence-corrected chi connectivity index (χ2v) is 3.19. The van der Waals surface area contributed by atoms with Crippen molar-refractivity contribution < 1.29 is 9.13 Å². The highest BCUT2D eigenvalue weighted by atomic mass is 35.5. The fourth-order valence-corrected chi connectivity index (χ4v) is 1.21. The van der Waals surface area contributed by atoms with Crippen LogP contribution in [0.4, 0.5) is 4.39 Å². The summed E-state index contributed by atoms with van der Waals surface area (Å²) in [6, 6.07) is 4.55. The van der Waals surface area contributed by atoms with E-state index in [-0.39, 0.29) is 24.3 Å². The minimum atomic E-state index is -0.396. The van der Waals surface area contributed by atoms with Gasteiger partial charge in [0.1, 0.15) is 6.10 Å². The van der Waals surface area contributed by atoms with Crippen molar-refractivity contribution in [3.63, 3.8) is 0 Å². The third kappa shape index (κ3) is 2.62. The van der Waals surface area contributed by atoms with Gasteiger partial charge < -0.3 is 10.1 Å². The lowest BCUT2D eigenvalue weighted by atomic mass is 10.2. The zero-order valence-corrected chi connectivity index (χ0v) is 8.81. The molecule has 80 valence electrons. The summed E-state index contributed by atoms with van der Waals surface area (Å²) >= 11 is 0. The third-order valence-corrected chi connectivity index (χ3v) is 2.14. The zero-order valence-electron chi connectivity index (χ0n) is 8.00. The number of hydrogen-bond acceptors (Lipinski definition) is 2. The van der Waals surface area contributed by atoms with Crippen molar-refractivity contribution in [2.75, 3.05) is 13.1 Å². The number of hydrogen-bond donors (Lipinski definition) is 1. The van der Waals surface area contributed by atoms with E-state index in [1.165, 1.54) is 6.07 Å². The van der Waals surface area contributed by atoms with Crippen molar-refractivity contribution in [1.82, 2.24) is 5.32 Å². The van der Waals surface area contributed by atoms with Gasteiger partial charge in [0.15, 0.2) is 11.6 Å². The number of terminal acetylenes is 1. The number of rotatable bonds is 2. The second kappa shape index (κ2) is 5.01. The highest BCUT2D eigenvalue weighted by molar-refractivity contribution is 5.85. The third-order valence-electron chi connectivity index (χ3n) is 2.14. The zero-order chi connectivity index (χ0) is 9.97. The molecule has 1 N–H and O–H groups in total. The Morgan fingerprint density at radius 1 is 1.47 bits per heavy atom. The molecule has 2 rings (SSSR count). The first-order chi connectivity index (χ1) is 6.79. The first-order valence-electron chi connectivity index (χ1n) is 4.43. The molecule has 1 fully saturated rings. The lowest BCUT2D eigenvalue weighted by Gasteiger charge is -2.27. The number of nitrogens with one attached hydrogen (secondary N) is 1. The van der Waals surface area contributed by atoms with Crippen LogP contribution >= 0.6 is 12.4 Å². The lowest BCUT2D eigenvalue weighted by molar-refractivity contribution is 0.136. The quantitative estimate of drug-likeness (QED) is 0.775. The maximum absolute atomic E-state index is 13.3. The summed E-state index contributed by atoms with van der Waals surface area (Å²) in [4.78, 5) is 0. The van der Waals surface area contributed by atoms with E-state index in [1.54, 1.807) is 12.1 Å². The largest absolute Gasteiger partial charge is 0.485 e. The minimum Gasteiger partial charge on any atom is -0.485 e. The van der Waals surface area contributed by atoms with Crippen molar-refractivity contribution in [2.45, 2.75) is 6.10 Å². The molecule has 1 aliphatic heterocycles. The average Bonchev–Trinajstić information content (AvgIpc) is 2.13. The monoisotopic (exact) mass is 227 g/mol. The van der Waals surface area contributed by atoms with Crippen LogP contribution in [-0.4, -0.2) is 19.2 Å². The highest BCUT2D eigenvalue weighted by Gasteiger charge is 2.19. The van der Waals surface area contributed by atoms with Gasteiger partial charge in [0.25, 0.3) is 0 Å². The normalized spacial score (nSPS) is 14.7. The van der Waals surface area contributed by atoms with Crippen molar-refractivity contribution in [3.05, 3.63) is 29.6 Å². The number of benzene rings is 1. The van der Waals surface area contributed by atoms with Gasteiger partial charge in [-0.3, -0.25) is 0 Å². The van der Waals surface area contributed by atoms with Gasteiger partial charge in [0.2, 0.25) is 0 Å². The van der Waals surface area contributed by atoms with Crippen LogP contribution in [0.1, 0.15) is 5.56 Å². The Kier molecular flexibility index (Phi) is 3.96. The molecule has 4 heteroatoms. The molecule has 15 heavy (non-hydrogen) atoms. The Hall–Kier alpha value is -1.24. The maximum Gasteiger partial charge on any atom is 0.166 e. The Morgan fingerprint density at radius 3 is 2.67 bits per heavy atom. The van der Waals surface area contributed by atoms with Crippen LogP contribution in [0.2, 0.25) is 0 Å². The first-order valence-corrected chi connectivity index (χ1v) is 4.43. The number of halogens is 2. The SMILES string of the molecule is C#Cc1ccc(OC2CNC2)c(F)c1.Cl. The molecule has 1 aromatic carbocycles. The molecule has 0 unspecified atom stereocenters. The Morgan fingerprint density at radius 2 is 2.20 bits per heavy atom. The fourth-order valence-electron chi connectivity index (χ4n) is 1.21. The molecule has 0 atom stereocenters. The van der Waals surface area contributed by atoms with Gasteiger partial charge in [-0.15, -0.1) is 18.8 Å². The van der Waals surface area contributed by atoms with Crippen LogP contribution in [0, 0.1) is 18.2 Å². The summed E-state index contributed by atoms with van der Waals surface area (Å²) in [5, 5.41) is 3.04. The van der Waals surface area contributed by atoms with Gasteiger partial charge in [0.05, 0.1) is 0 Å². The highest BCUT2D eigenvalue weighted by Crippen LogP contribution is 2.20. The maximum atomic E-state index is 13.3. The summed E-state index contributed by atoms with van der Waals surface area (Å²) in [5.74, 6) is 2.25. The van der Waals surface area contributed by atoms with Gasteiger partial charge in [-0.2, -0.15) is 0 Å². The van der Waals surface area contributed by atoms with Gasteiger partial charge >= 0.3 is 0 Å². The summed E-state index contributed by atoms with van der Waals surface area (Å²) in [6.45, 7) is 1.55. The fraction of sp³-hybridized carbons (Fsp3) is 0.273. The van der Waals surface area contributed by atoms with E-state index in [0.29, 0.717) is 5.56 Å². The molecule has 0 aromatic heterocycles. The van der Waals surface area contributed by atoms with Crippen molar-refractivity contribution >= 4 is 12.4 Å². The molecule has 0 spiro atoms. The van der Waals surface area contributed by atoms with Crippen LogP contribution in [-0.2, 0) is 0 Å². The van der Waals surface area contributed by atoms with E-state index >= 15 is 0 Å². The molecule has 0 bridgehead atoms. The molecule has 2 nitrogen and oxygen atoms in total. The van der Waals surface area contributed by atoms with Gasteiger partial charge in [-0.1, -0.05) is 5.92 Å². The molecule has 0 radical (unpaired) electrons. The van der Waals surface area contributed by atoms with Gasteiger partial charge in [-0.05, 0) is 18.2 Å². The molecule has 1 heterocycles. The van der Waals surface area contributed by atoms with E-state index < -0.39 is 5.82 Å². The summed E-state index contributed by atoms with van der Waals surface area (Å²) in [7, 11) is 0. The topological polar surface area (TPSA) is 21.3 Å². The average molecular weight is 228 g/mol. The lowest BCUT2D eigenvalue weighted by Crippen LogP contribution is -2.50. The van der Waals surface area contributed by atoms with Crippen LogP contribution in [0.15, 0.2) is 18.2 Å². The van der Waals surface area contributed by atoms with Crippen molar-refractivity contribution in [3.8, 4) is 18.1 Å². The molecule has 0 aliphatic carbocycles. The van der Waals surface area contributed by atoms with Crippen LogP contribution in [0.5, 0.6) is 5.75 Å². The molecular formula is C11H11ClFNO. The van der Waals surface area contributed by atoms with Crippen LogP contribution in [0.25, 0.3) is 0 Å². The van der Waals surface area contributed by atoms with E-state index in [4.69, 9.17) is 11.2 Å². The first kappa shape index (κ1) is 11.8. The Bertz CT molecular complexity index is 385. The van der Waals surface area contributed by atoms with E-state index in [0.717, 1.165) is 13.1 Å². The summed E-state index contributed by atoms with van der Waals surface area (Å²) < 4.78 is 18.7. The standard InChI is InChI=1S/C11H10FNO.ClH/c1-2-8-3-4-11(10(12)5-8)14-9-6-13-7-9;/h1,3-5,9,13H,6-7H2;1H. The molecule has 1 aliphatic rings. The Labute approximate surface area is 94.2 Å². The summed E-state index contributed by atoms with van der Waals surface area (Å²) in [5.41, 5.74) is 0.529. The second-order valence-electron chi connectivity index (χ2n) is 3.19. The van der Waals surface area contributed by atoms with Crippen LogP contribution < -0.4 is 10.1 Å². The molecule has 1 aromatic rings. The van der Waals surface area contributed by atoms with Gasteiger partial charge in [-0.25, -0.2) is 4.39 Å². The van der Waals surface area contributed by atoms with E-state index in [1.807, 2.05) is 0 Å². The van der Waals surface area contributed by atoms with Crippen LogP contribution in [0.3, 0.4) is 0 Å². The molecule has 0 amide bonds. The van der Waals surface area contributed by atoms with Crippen molar-refractivity contribution in [2.24, 2.45) is 0 Å². The predicted molar refractivity (Wildman–Crippen MR) is 58.9 cm³/mol. The van der Waals surface area contributed by atoms with E-state index in [9.17, 15) is 4.39 Å². The summed E-state index contributed by atoms with van der Waals surface area (Å²) in [6.07, 6.45) is 5.22. The molecule has 0 saturated carbocycles. The van der Waals surface area contributed by atoms with Crippen molar-refractivity contribution in [1.29, 1.82) is 0 Å². The van der Waals surface area contributed by atoms with E-state index in [2.05, 4.69) is 11.2 Å². The van der Waals surface area contributed by atoms with Gasteiger partial charge in [0, 0.05) is 18.7 Å². The Balaban J connectivity index is 0.00000112.